The van der Waals surface area contributed by atoms with Gasteiger partial charge in [-0.05, 0) is 19.8 Å². The lowest BCUT2D eigenvalue weighted by atomic mass is 10.0. The van der Waals surface area contributed by atoms with Crippen LogP contribution in [0.15, 0.2) is 23.8 Å². The van der Waals surface area contributed by atoms with E-state index in [0.717, 1.165) is 11.3 Å². The Hall–Kier alpha value is -2.19. The van der Waals surface area contributed by atoms with Crippen molar-refractivity contribution in [2.75, 3.05) is 5.32 Å². The largest absolute Gasteiger partial charge is 0.309 e. The van der Waals surface area contributed by atoms with Crippen LogP contribution in [0.25, 0.3) is 5.13 Å². The van der Waals surface area contributed by atoms with Crippen LogP contribution in [0, 0.1) is 0 Å². The molecular formula is C15H15ClN6OS. The van der Waals surface area contributed by atoms with Crippen LogP contribution in [-0.4, -0.2) is 30.9 Å². The van der Waals surface area contributed by atoms with E-state index in [-0.39, 0.29) is 11.8 Å². The van der Waals surface area contributed by atoms with E-state index in [9.17, 15) is 4.79 Å². The van der Waals surface area contributed by atoms with Crippen molar-refractivity contribution in [2.24, 2.45) is 0 Å². The van der Waals surface area contributed by atoms with E-state index < -0.39 is 0 Å². The molecule has 3 heterocycles. The van der Waals surface area contributed by atoms with E-state index in [0.29, 0.717) is 22.0 Å². The molecule has 1 aliphatic rings. The number of aromatic nitrogens is 5. The number of anilines is 1. The van der Waals surface area contributed by atoms with Gasteiger partial charge in [0.1, 0.15) is 5.15 Å². The van der Waals surface area contributed by atoms with Crippen molar-refractivity contribution in [3.63, 3.8) is 0 Å². The molecule has 0 saturated heterocycles. The molecule has 3 aromatic heterocycles. The average Bonchev–Trinajstić information content (AvgIpc) is 2.98. The normalized spacial score (nSPS) is 15.4. The summed E-state index contributed by atoms with van der Waals surface area (Å²) in [6.07, 6.45) is 5.83. The molecule has 24 heavy (non-hydrogen) atoms. The van der Waals surface area contributed by atoms with Crippen LogP contribution in [0.2, 0.25) is 5.15 Å². The third-order valence-electron chi connectivity index (χ3n) is 4.02. The minimum absolute atomic E-state index is 0.124. The van der Waals surface area contributed by atoms with Gasteiger partial charge < -0.3 is 5.32 Å². The summed E-state index contributed by atoms with van der Waals surface area (Å²) in [5.41, 5.74) is 1.89. The summed E-state index contributed by atoms with van der Waals surface area (Å²) in [5.74, 6) is 0.660. The zero-order valence-electron chi connectivity index (χ0n) is 12.9. The van der Waals surface area contributed by atoms with Crippen LogP contribution in [0.3, 0.4) is 0 Å². The molecule has 0 unspecified atom stereocenters. The number of nitrogens with zero attached hydrogens (tertiary/aromatic N) is 4. The van der Waals surface area contributed by atoms with Crippen molar-refractivity contribution in [3.8, 4) is 5.13 Å². The Labute approximate surface area is 147 Å². The van der Waals surface area contributed by atoms with Gasteiger partial charge in [-0.2, -0.15) is 10.2 Å². The monoisotopic (exact) mass is 362 g/mol. The lowest BCUT2D eigenvalue weighted by Crippen LogP contribution is -2.18. The Kier molecular flexibility index (Phi) is 3.85. The van der Waals surface area contributed by atoms with Crippen LogP contribution < -0.4 is 5.32 Å². The van der Waals surface area contributed by atoms with E-state index in [2.05, 4.69) is 25.6 Å². The molecule has 0 aliphatic heterocycles. The molecular weight excluding hydrogens is 348 g/mol. The molecule has 3 aromatic rings. The predicted octanol–water partition coefficient (Wildman–Crippen LogP) is 3.32. The molecule has 1 fully saturated rings. The fourth-order valence-corrected chi connectivity index (χ4v) is 3.28. The third kappa shape index (κ3) is 3.07. The number of aromatic amines is 1. The van der Waals surface area contributed by atoms with Gasteiger partial charge in [-0.15, -0.1) is 11.3 Å². The first-order valence-electron chi connectivity index (χ1n) is 7.62. The minimum atomic E-state index is -0.352. The Morgan fingerprint density at radius 3 is 3.08 bits per heavy atom. The standard InChI is InChI=1S/C15H15ClN6OS/c1-8(10-5-17-22(6-10)15-18-12(16)7-24-15)14(23)19-13-4-11(20-21-13)9-2-3-9/h4-9H,2-3H2,1H3,(H2,19,20,21,23)/t8-/m1/s1. The summed E-state index contributed by atoms with van der Waals surface area (Å²) < 4.78 is 1.62. The van der Waals surface area contributed by atoms with Gasteiger partial charge in [-0.25, -0.2) is 9.67 Å². The zero-order chi connectivity index (χ0) is 16.7. The Morgan fingerprint density at radius 2 is 2.38 bits per heavy atom. The van der Waals surface area contributed by atoms with Crippen molar-refractivity contribution in [1.82, 2.24) is 25.0 Å². The van der Waals surface area contributed by atoms with E-state index in [1.54, 1.807) is 22.5 Å². The van der Waals surface area contributed by atoms with Crippen molar-refractivity contribution in [1.29, 1.82) is 0 Å². The van der Waals surface area contributed by atoms with Crippen molar-refractivity contribution in [2.45, 2.75) is 31.6 Å². The summed E-state index contributed by atoms with van der Waals surface area (Å²) in [7, 11) is 0. The molecule has 4 rings (SSSR count). The Morgan fingerprint density at radius 1 is 1.54 bits per heavy atom. The van der Waals surface area contributed by atoms with Crippen LogP contribution in [0.4, 0.5) is 5.82 Å². The van der Waals surface area contributed by atoms with E-state index >= 15 is 0 Å². The highest BCUT2D eigenvalue weighted by Crippen LogP contribution is 2.39. The van der Waals surface area contributed by atoms with Crippen LogP contribution in [0.5, 0.6) is 0 Å². The summed E-state index contributed by atoms with van der Waals surface area (Å²) in [5, 5.41) is 17.1. The minimum Gasteiger partial charge on any atom is -0.309 e. The summed E-state index contributed by atoms with van der Waals surface area (Å²) in [6.45, 7) is 1.83. The van der Waals surface area contributed by atoms with E-state index in [1.807, 2.05) is 13.0 Å². The molecule has 0 bridgehead atoms. The third-order valence-corrected chi connectivity index (χ3v) is 5.18. The summed E-state index contributed by atoms with van der Waals surface area (Å²) in [6, 6.07) is 1.91. The second-order valence-electron chi connectivity index (χ2n) is 5.86. The van der Waals surface area contributed by atoms with Gasteiger partial charge >= 0.3 is 0 Å². The summed E-state index contributed by atoms with van der Waals surface area (Å²) in [4.78, 5) is 16.6. The maximum atomic E-state index is 12.4. The van der Waals surface area contributed by atoms with Crippen molar-refractivity contribution >= 4 is 34.7 Å². The lowest BCUT2D eigenvalue weighted by Gasteiger charge is -2.08. The van der Waals surface area contributed by atoms with Crippen molar-refractivity contribution < 1.29 is 4.79 Å². The van der Waals surface area contributed by atoms with Gasteiger partial charge in [-0.1, -0.05) is 11.6 Å². The van der Waals surface area contributed by atoms with Gasteiger partial charge in [0.15, 0.2) is 5.82 Å². The molecule has 9 heteroatoms. The van der Waals surface area contributed by atoms with Crippen LogP contribution in [-0.2, 0) is 4.79 Å². The first kappa shape index (κ1) is 15.3. The molecule has 0 spiro atoms. The van der Waals surface area contributed by atoms with Crippen LogP contribution >= 0.6 is 22.9 Å². The molecule has 2 N–H and O–H groups in total. The van der Waals surface area contributed by atoms with Gasteiger partial charge in [0.05, 0.1) is 12.1 Å². The highest BCUT2D eigenvalue weighted by Gasteiger charge is 2.26. The zero-order valence-corrected chi connectivity index (χ0v) is 14.4. The van der Waals surface area contributed by atoms with Gasteiger partial charge in [0, 0.05) is 34.8 Å². The molecule has 7 nitrogen and oxygen atoms in total. The smallest absolute Gasteiger partial charge is 0.232 e. The van der Waals surface area contributed by atoms with E-state index in [4.69, 9.17) is 11.6 Å². The van der Waals surface area contributed by atoms with Crippen LogP contribution in [0.1, 0.15) is 42.9 Å². The predicted molar refractivity (Wildman–Crippen MR) is 91.9 cm³/mol. The second-order valence-corrected chi connectivity index (χ2v) is 7.09. The molecule has 1 atom stereocenters. The number of H-pyrrole nitrogens is 1. The number of hydrogen-bond acceptors (Lipinski definition) is 5. The number of nitrogens with one attached hydrogen (secondary N) is 2. The number of rotatable bonds is 5. The first-order chi connectivity index (χ1) is 11.6. The Balaban J connectivity index is 1.45. The Bertz CT molecular complexity index is 880. The molecule has 1 aliphatic carbocycles. The maximum absolute atomic E-state index is 12.4. The highest BCUT2D eigenvalue weighted by molar-refractivity contribution is 7.12. The quantitative estimate of drug-likeness (QED) is 0.728. The molecule has 1 saturated carbocycles. The van der Waals surface area contributed by atoms with E-state index in [1.165, 1.54) is 24.2 Å². The number of carbonyl (C=O) groups excluding carboxylic acids is 1. The number of amides is 1. The number of carbonyl (C=O) groups is 1. The number of hydrogen-bond donors (Lipinski definition) is 2. The first-order valence-corrected chi connectivity index (χ1v) is 8.88. The molecule has 0 radical (unpaired) electrons. The average molecular weight is 363 g/mol. The molecule has 0 aromatic carbocycles. The van der Waals surface area contributed by atoms with Gasteiger partial charge in [0.25, 0.3) is 0 Å². The SMILES string of the molecule is C[C@@H](C(=O)Nc1cc(C2CC2)[nH]n1)c1cnn(-c2nc(Cl)cs2)c1. The lowest BCUT2D eigenvalue weighted by molar-refractivity contribution is -0.117. The summed E-state index contributed by atoms with van der Waals surface area (Å²) >= 11 is 7.23. The fraction of sp³-hybridized carbons (Fsp3) is 0.333. The maximum Gasteiger partial charge on any atom is 0.232 e. The van der Waals surface area contributed by atoms with Gasteiger partial charge in [-0.3, -0.25) is 9.89 Å². The van der Waals surface area contributed by atoms with Crippen molar-refractivity contribution in [3.05, 3.63) is 40.3 Å². The topological polar surface area (TPSA) is 88.5 Å². The number of thiazole rings is 1. The second kappa shape index (κ2) is 6.03. The molecule has 124 valence electrons. The fourth-order valence-electron chi connectivity index (χ4n) is 2.41. The number of halogens is 1. The highest BCUT2D eigenvalue weighted by atomic mass is 35.5. The van der Waals surface area contributed by atoms with Gasteiger partial charge in [0.2, 0.25) is 11.0 Å². The molecule has 1 amide bonds.